The molecule has 1 saturated carbocycles. The molecule has 2 heteroatoms. The third kappa shape index (κ3) is 1.89. The molecule has 1 nitrogen and oxygen atoms in total. The summed E-state index contributed by atoms with van der Waals surface area (Å²) < 4.78 is 0. The molecule has 1 heterocycles. The van der Waals surface area contributed by atoms with Crippen LogP contribution in [0.5, 0.6) is 0 Å². The first-order valence-corrected chi connectivity index (χ1v) is 6.42. The number of fused-ring (bicyclic) bond motifs is 1. The van der Waals surface area contributed by atoms with E-state index in [1.54, 1.807) is 0 Å². The zero-order valence-corrected chi connectivity index (χ0v) is 9.44. The van der Waals surface area contributed by atoms with Gasteiger partial charge in [-0.1, -0.05) is 19.8 Å². The van der Waals surface area contributed by atoms with Crippen molar-refractivity contribution >= 4 is 11.8 Å². The highest BCUT2D eigenvalue weighted by atomic mass is 32.2. The Morgan fingerprint density at radius 1 is 1.31 bits per heavy atom. The Morgan fingerprint density at radius 2 is 2.00 bits per heavy atom. The summed E-state index contributed by atoms with van der Waals surface area (Å²) in [5, 5.41) is 11.7. The van der Waals surface area contributed by atoms with Crippen LogP contribution in [0.1, 0.15) is 46.0 Å². The molecule has 1 aliphatic heterocycles. The van der Waals surface area contributed by atoms with E-state index >= 15 is 0 Å². The number of hydrogen-bond donors (Lipinski definition) is 1. The lowest BCUT2D eigenvalue weighted by Crippen LogP contribution is -2.48. The Kier molecular flexibility index (Phi) is 2.63. The maximum absolute atomic E-state index is 10.3. The topological polar surface area (TPSA) is 20.2 Å². The monoisotopic (exact) mass is 200 g/mol. The Hall–Kier alpha value is 0.310. The molecule has 0 amide bonds. The van der Waals surface area contributed by atoms with E-state index in [0.717, 1.165) is 11.7 Å². The Balaban J connectivity index is 2.12. The number of aliphatic hydroxyl groups is 1. The highest BCUT2D eigenvalue weighted by molar-refractivity contribution is 8.00. The zero-order chi connectivity index (χ0) is 9.47. The van der Waals surface area contributed by atoms with Crippen LogP contribution in [0.25, 0.3) is 0 Å². The minimum Gasteiger partial charge on any atom is -0.390 e. The molecule has 1 N–H and O–H groups in total. The quantitative estimate of drug-likeness (QED) is 0.649. The average Bonchev–Trinajstić information content (AvgIpc) is 2.02. The number of thioether (sulfide) groups is 1. The van der Waals surface area contributed by atoms with Crippen LogP contribution in [0.2, 0.25) is 0 Å². The van der Waals surface area contributed by atoms with Crippen LogP contribution in [-0.4, -0.2) is 21.2 Å². The highest BCUT2D eigenvalue weighted by Gasteiger charge is 2.44. The molecule has 4 atom stereocenters. The summed E-state index contributed by atoms with van der Waals surface area (Å²) in [6.07, 6.45) is 6.26. The standard InChI is InChI=1S/C11H20OS/c1-8-7-11(2,12)9-5-3-4-6-10(9)13-8/h8-10,12H,3-7H2,1-2H3. The van der Waals surface area contributed by atoms with Gasteiger partial charge in [0, 0.05) is 10.5 Å². The third-order valence-electron chi connectivity index (χ3n) is 3.61. The lowest BCUT2D eigenvalue weighted by molar-refractivity contribution is -0.0250. The first-order valence-electron chi connectivity index (χ1n) is 5.47. The van der Waals surface area contributed by atoms with Crippen LogP contribution >= 0.6 is 11.8 Å². The molecule has 0 aromatic carbocycles. The van der Waals surface area contributed by atoms with Crippen molar-refractivity contribution in [2.45, 2.75) is 62.1 Å². The van der Waals surface area contributed by atoms with Gasteiger partial charge in [-0.15, -0.1) is 0 Å². The molecule has 0 spiro atoms. The number of rotatable bonds is 0. The molecule has 2 aliphatic rings. The minimum atomic E-state index is -0.379. The van der Waals surface area contributed by atoms with Crippen molar-refractivity contribution in [2.75, 3.05) is 0 Å². The van der Waals surface area contributed by atoms with Crippen LogP contribution in [0.4, 0.5) is 0 Å². The first kappa shape index (κ1) is 9.85. The van der Waals surface area contributed by atoms with Gasteiger partial charge >= 0.3 is 0 Å². The summed E-state index contributed by atoms with van der Waals surface area (Å²) in [5.74, 6) is 0.572. The molecule has 13 heavy (non-hydrogen) atoms. The molecule has 0 bridgehead atoms. The fraction of sp³-hybridized carbons (Fsp3) is 1.00. The van der Waals surface area contributed by atoms with Crippen LogP contribution in [0, 0.1) is 5.92 Å². The van der Waals surface area contributed by atoms with Crippen molar-refractivity contribution in [1.29, 1.82) is 0 Å². The van der Waals surface area contributed by atoms with E-state index in [1.165, 1.54) is 25.7 Å². The lowest BCUT2D eigenvalue weighted by Gasteiger charge is -2.47. The Morgan fingerprint density at radius 3 is 2.77 bits per heavy atom. The lowest BCUT2D eigenvalue weighted by atomic mass is 9.75. The van der Waals surface area contributed by atoms with E-state index in [2.05, 4.69) is 18.7 Å². The molecule has 1 saturated heterocycles. The summed E-state index contributed by atoms with van der Waals surface area (Å²) in [4.78, 5) is 0. The largest absolute Gasteiger partial charge is 0.390 e. The molecular weight excluding hydrogens is 180 g/mol. The van der Waals surface area contributed by atoms with Gasteiger partial charge in [-0.2, -0.15) is 11.8 Å². The molecule has 2 rings (SSSR count). The van der Waals surface area contributed by atoms with E-state index < -0.39 is 0 Å². The van der Waals surface area contributed by atoms with Gasteiger partial charge in [0.2, 0.25) is 0 Å². The van der Waals surface area contributed by atoms with Crippen molar-refractivity contribution in [1.82, 2.24) is 0 Å². The molecule has 0 aromatic rings. The van der Waals surface area contributed by atoms with E-state index in [-0.39, 0.29) is 5.60 Å². The predicted octanol–water partition coefficient (Wildman–Crippen LogP) is 2.82. The van der Waals surface area contributed by atoms with Crippen molar-refractivity contribution in [3.8, 4) is 0 Å². The Labute approximate surface area is 85.3 Å². The summed E-state index contributed by atoms with van der Waals surface area (Å²) in [5.41, 5.74) is -0.379. The maximum Gasteiger partial charge on any atom is 0.0668 e. The Bertz CT molecular complexity index is 191. The van der Waals surface area contributed by atoms with Crippen LogP contribution in [0.15, 0.2) is 0 Å². The van der Waals surface area contributed by atoms with Crippen molar-refractivity contribution in [3.05, 3.63) is 0 Å². The van der Waals surface area contributed by atoms with Crippen LogP contribution in [0.3, 0.4) is 0 Å². The van der Waals surface area contributed by atoms with Gasteiger partial charge in [0.15, 0.2) is 0 Å². The fourth-order valence-corrected chi connectivity index (χ4v) is 5.00. The van der Waals surface area contributed by atoms with Crippen molar-refractivity contribution in [3.63, 3.8) is 0 Å². The summed E-state index contributed by atoms with van der Waals surface area (Å²) >= 11 is 2.11. The fourth-order valence-electron chi connectivity index (χ4n) is 3.05. The predicted molar refractivity (Wildman–Crippen MR) is 58.0 cm³/mol. The normalized spacial score (nSPS) is 51.5. The molecule has 76 valence electrons. The SMILES string of the molecule is CC1CC(C)(O)C2CCCCC2S1. The highest BCUT2D eigenvalue weighted by Crippen LogP contribution is 2.48. The summed E-state index contributed by atoms with van der Waals surface area (Å²) in [6.45, 7) is 4.30. The second-order valence-corrected chi connectivity index (χ2v) is 6.62. The molecule has 0 aromatic heterocycles. The van der Waals surface area contributed by atoms with E-state index in [0.29, 0.717) is 11.2 Å². The second-order valence-electron chi connectivity index (χ2n) is 4.94. The number of hydrogen-bond acceptors (Lipinski definition) is 2. The van der Waals surface area contributed by atoms with Gasteiger partial charge < -0.3 is 5.11 Å². The molecular formula is C11H20OS. The van der Waals surface area contributed by atoms with Crippen LogP contribution < -0.4 is 0 Å². The van der Waals surface area contributed by atoms with E-state index in [9.17, 15) is 5.11 Å². The van der Waals surface area contributed by atoms with Gasteiger partial charge in [0.1, 0.15) is 0 Å². The summed E-state index contributed by atoms with van der Waals surface area (Å²) in [6, 6.07) is 0. The molecule has 4 unspecified atom stereocenters. The van der Waals surface area contributed by atoms with E-state index in [1.807, 2.05) is 6.92 Å². The minimum absolute atomic E-state index is 0.379. The van der Waals surface area contributed by atoms with Gasteiger partial charge in [-0.3, -0.25) is 0 Å². The maximum atomic E-state index is 10.3. The first-order chi connectivity index (χ1) is 6.09. The van der Waals surface area contributed by atoms with Crippen molar-refractivity contribution < 1.29 is 5.11 Å². The summed E-state index contributed by atoms with van der Waals surface area (Å²) in [7, 11) is 0. The second kappa shape index (κ2) is 3.47. The van der Waals surface area contributed by atoms with Gasteiger partial charge in [0.25, 0.3) is 0 Å². The van der Waals surface area contributed by atoms with Gasteiger partial charge in [-0.25, -0.2) is 0 Å². The van der Waals surface area contributed by atoms with E-state index in [4.69, 9.17) is 0 Å². The van der Waals surface area contributed by atoms with Crippen molar-refractivity contribution in [2.24, 2.45) is 5.92 Å². The van der Waals surface area contributed by atoms with Gasteiger partial charge in [-0.05, 0) is 32.1 Å². The van der Waals surface area contributed by atoms with Gasteiger partial charge in [0.05, 0.1) is 5.60 Å². The molecule has 0 radical (unpaired) electrons. The smallest absolute Gasteiger partial charge is 0.0668 e. The molecule has 1 aliphatic carbocycles. The third-order valence-corrected chi connectivity index (χ3v) is 5.15. The molecule has 2 fully saturated rings. The van der Waals surface area contributed by atoms with Crippen LogP contribution in [-0.2, 0) is 0 Å². The average molecular weight is 200 g/mol. The zero-order valence-electron chi connectivity index (χ0n) is 8.62.